The minimum absolute atomic E-state index is 0.119. The van der Waals surface area contributed by atoms with E-state index in [0.717, 1.165) is 56.3 Å². The Labute approximate surface area is 174 Å². The van der Waals surface area contributed by atoms with Gasteiger partial charge in [-0.25, -0.2) is 4.68 Å². The van der Waals surface area contributed by atoms with Crippen LogP contribution in [0.3, 0.4) is 0 Å². The molecule has 5 rings (SSSR count). The average molecular weight is 410 g/mol. The van der Waals surface area contributed by atoms with Crippen LogP contribution in [-0.4, -0.2) is 63.0 Å². The van der Waals surface area contributed by atoms with Gasteiger partial charge in [-0.05, 0) is 72.8 Å². The molecule has 2 atom stereocenters. The number of benzene rings is 1. The van der Waals surface area contributed by atoms with Crippen molar-refractivity contribution in [1.29, 1.82) is 0 Å². The number of nitrogens with one attached hydrogen (secondary N) is 1. The quantitative estimate of drug-likeness (QED) is 0.663. The maximum Gasteiger partial charge on any atom is 0.253 e. The monoisotopic (exact) mass is 410 g/mol. The molecule has 0 bridgehead atoms. The van der Waals surface area contributed by atoms with E-state index in [1.165, 1.54) is 0 Å². The third kappa shape index (κ3) is 3.59. The molecule has 2 aliphatic heterocycles. The first-order valence-corrected chi connectivity index (χ1v) is 10.6. The molecule has 9 nitrogen and oxygen atoms in total. The molecule has 9 heteroatoms. The van der Waals surface area contributed by atoms with Crippen molar-refractivity contribution in [3.63, 3.8) is 0 Å². The van der Waals surface area contributed by atoms with Crippen molar-refractivity contribution in [2.75, 3.05) is 26.8 Å². The van der Waals surface area contributed by atoms with Crippen LogP contribution in [0.2, 0.25) is 0 Å². The van der Waals surface area contributed by atoms with E-state index in [0.29, 0.717) is 23.7 Å². The van der Waals surface area contributed by atoms with Crippen molar-refractivity contribution in [3.8, 4) is 5.75 Å². The maximum absolute atomic E-state index is 13.2. The van der Waals surface area contributed by atoms with Crippen LogP contribution >= 0.6 is 0 Å². The third-order valence-corrected chi connectivity index (χ3v) is 6.09. The second-order valence-electron chi connectivity index (χ2n) is 8.01. The van der Waals surface area contributed by atoms with E-state index in [4.69, 9.17) is 9.47 Å². The Hall–Kier alpha value is -2.78. The zero-order chi connectivity index (χ0) is 20.5. The van der Waals surface area contributed by atoms with E-state index in [1.54, 1.807) is 7.11 Å². The lowest BCUT2D eigenvalue weighted by atomic mass is 10.0. The first-order chi connectivity index (χ1) is 14.7. The Bertz CT molecular complexity index is 1080. The van der Waals surface area contributed by atoms with Gasteiger partial charge >= 0.3 is 0 Å². The highest BCUT2D eigenvalue weighted by molar-refractivity contribution is 5.80. The number of likely N-dealkylation sites (tertiary alicyclic amines) is 1. The Morgan fingerprint density at radius 3 is 2.90 bits per heavy atom. The first-order valence-electron chi connectivity index (χ1n) is 10.6. The summed E-state index contributed by atoms with van der Waals surface area (Å²) >= 11 is 0. The number of hydrogen-bond donors (Lipinski definition) is 1. The van der Waals surface area contributed by atoms with E-state index in [2.05, 4.69) is 25.4 Å². The van der Waals surface area contributed by atoms with Gasteiger partial charge in [-0.15, -0.1) is 5.10 Å². The van der Waals surface area contributed by atoms with Crippen LogP contribution in [0.15, 0.2) is 29.1 Å². The number of nitrogens with zero attached hydrogens (tertiary/aromatic N) is 5. The molecule has 158 valence electrons. The van der Waals surface area contributed by atoms with E-state index < -0.39 is 0 Å². The van der Waals surface area contributed by atoms with E-state index >= 15 is 0 Å². The van der Waals surface area contributed by atoms with Crippen LogP contribution in [-0.2, 0) is 11.3 Å². The molecule has 0 radical (unpaired) electrons. The molecule has 2 aliphatic rings. The lowest BCUT2D eigenvalue weighted by Crippen LogP contribution is -2.34. The number of ether oxygens (including phenoxy) is 2. The summed E-state index contributed by atoms with van der Waals surface area (Å²) in [4.78, 5) is 18.5. The van der Waals surface area contributed by atoms with Crippen molar-refractivity contribution in [1.82, 2.24) is 30.1 Å². The molecule has 2 fully saturated rings. The topological polar surface area (TPSA) is 98.2 Å². The Morgan fingerprint density at radius 2 is 2.13 bits per heavy atom. The molecular formula is C21H26N6O3. The van der Waals surface area contributed by atoms with Gasteiger partial charge in [-0.3, -0.25) is 9.69 Å². The number of aromatic amines is 1. The number of fused-ring (bicyclic) bond motifs is 1. The number of aromatic nitrogens is 5. The molecule has 4 heterocycles. The van der Waals surface area contributed by atoms with Crippen molar-refractivity contribution in [3.05, 3.63) is 46.0 Å². The van der Waals surface area contributed by atoms with Gasteiger partial charge < -0.3 is 14.5 Å². The molecule has 2 aromatic heterocycles. The Balaban J connectivity index is 1.58. The molecular weight excluding hydrogens is 384 g/mol. The number of methoxy groups -OCH3 is 1. The van der Waals surface area contributed by atoms with Gasteiger partial charge in [-0.2, -0.15) is 0 Å². The molecule has 1 N–H and O–H groups in total. The predicted molar refractivity (Wildman–Crippen MR) is 111 cm³/mol. The molecule has 0 saturated carbocycles. The van der Waals surface area contributed by atoms with Gasteiger partial charge in [0.15, 0.2) is 5.82 Å². The van der Waals surface area contributed by atoms with Crippen LogP contribution in [0.1, 0.15) is 43.1 Å². The first kappa shape index (κ1) is 19.2. The zero-order valence-electron chi connectivity index (χ0n) is 17.1. The summed E-state index contributed by atoms with van der Waals surface area (Å²) in [7, 11) is 1.62. The van der Waals surface area contributed by atoms with Gasteiger partial charge in [0.1, 0.15) is 11.8 Å². The van der Waals surface area contributed by atoms with Gasteiger partial charge in [-0.1, -0.05) is 0 Å². The van der Waals surface area contributed by atoms with Crippen molar-refractivity contribution < 1.29 is 9.47 Å². The summed E-state index contributed by atoms with van der Waals surface area (Å²) in [6.07, 6.45) is 4.39. The summed E-state index contributed by atoms with van der Waals surface area (Å²) < 4.78 is 12.9. The van der Waals surface area contributed by atoms with E-state index in [-0.39, 0.29) is 17.7 Å². The fourth-order valence-electron chi connectivity index (χ4n) is 4.54. The maximum atomic E-state index is 13.2. The molecule has 0 spiro atoms. The van der Waals surface area contributed by atoms with Gasteiger partial charge in [0, 0.05) is 18.2 Å². The smallest absolute Gasteiger partial charge is 0.253 e. The van der Waals surface area contributed by atoms with Gasteiger partial charge in [0.05, 0.1) is 25.3 Å². The van der Waals surface area contributed by atoms with E-state index in [9.17, 15) is 4.79 Å². The lowest BCUT2D eigenvalue weighted by molar-refractivity contribution is 0.0912. The standard InChI is InChI=1S/C21H26N6O3/c1-29-15-7-6-14-11-17(21(28)22-18(14)12-15)19(26-8-2-3-9-26)20-23-24-25-27(20)13-16-5-4-10-30-16/h6-7,11-12,16,19H,2-5,8-10,13H2,1H3,(H,22,28)/t16-,19+/m1/s1. The normalized spacial score (nSPS) is 20.8. The molecule has 2 saturated heterocycles. The zero-order valence-corrected chi connectivity index (χ0v) is 17.1. The third-order valence-electron chi connectivity index (χ3n) is 6.09. The molecule has 0 unspecified atom stereocenters. The fraction of sp³-hybridized carbons (Fsp3) is 0.524. The average Bonchev–Trinajstić information content (AvgIpc) is 3.53. The van der Waals surface area contributed by atoms with Crippen LogP contribution in [0.5, 0.6) is 5.75 Å². The van der Waals surface area contributed by atoms with E-state index in [1.807, 2.05) is 28.9 Å². The molecule has 0 amide bonds. The SMILES string of the molecule is COc1ccc2cc([C@@H](c3nnnn3C[C@H]3CCCO3)N3CCCC3)c(=O)[nH]c2c1. The minimum atomic E-state index is -0.292. The van der Waals surface area contributed by atoms with Crippen molar-refractivity contribution in [2.45, 2.75) is 44.4 Å². The number of rotatable bonds is 6. The van der Waals surface area contributed by atoms with Gasteiger partial charge in [0.2, 0.25) is 0 Å². The Morgan fingerprint density at radius 1 is 1.27 bits per heavy atom. The number of pyridine rings is 1. The summed E-state index contributed by atoms with van der Waals surface area (Å²) in [5.74, 6) is 1.41. The van der Waals surface area contributed by atoms with Gasteiger partial charge in [0.25, 0.3) is 5.56 Å². The largest absolute Gasteiger partial charge is 0.497 e. The molecule has 30 heavy (non-hydrogen) atoms. The Kier molecular flexibility index (Phi) is 5.22. The van der Waals surface area contributed by atoms with Crippen LogP contribution in [0, 0.1) is 0 Å². The molecule has 1 aromatic carbocycles. The highest BCUT2D eigenvalue weighted by Gasteiger charge is 2.32. The number of H-pyrrole nitrogens is 1. The lowest BCUT2D eigenvalue weighted by Gasteiger charge is -2.27. The summed E-state index contributed by atoms with van der Waals surface area (Å²) in [6, 6.07) is 7.37. The van der Waals surface area contributed by atoms with Crippen molar-refractivity contribution in [2.24, 2.45) is 0 Å². The highest BCUT2D eigenvalue weighted by Crippen LogP contribution is 2.30. The summed E-state index contributed by atoms with van der Waals surface area (Å²) in [5, 5.41) is 13.5. The van der Waals surface area contributed by atoms with Crippen LogP contribution in [0.25, 0.3) is 10.9 Å². The molecule has 3 aromatic rings. The molecule has 0 aliphatic carbocycles. The second kappa shape index (κ2) is 8.16. The van der Waals surface area contributed by atoms with Crippen LogP contribution in [0.4, 0.5) is 0 Å². The number of tetrazole rings is 1. The summed E-state index contributed by atoms with van der Waals surface area (Å²) in [5.41, 5.74) is 1.29. The number of hydrogen-bond acceptors (Lipinski definition) is 7. The second-order valence-corrected chi connectivity index (χ2v) is 8.01. The van der Waals surface area contributed by atoms with Crippen molar-refractivity contribution >= 4 is 10.9 Å². The summed E-state index contributed by atoms with van der Waals surface area (Å²) in [6.45, 7) is 3.22. The minimum Gasteiger partial charge on any atom is -0.497 e. The fourth-order valence-corrected chi connectivity index (χ4v) is 4.54. The predicted octanol–water partition coefficient (Wildman–Crippen LogP) is 1.89. The van der Waals surface area contributed by atoms with Crippen LogP contribution < -0.4 is 10.3 Å². The highest BCUT2D eigenvalue weighted by atomic mass is 16.5.